The Balaban J connectivity index is 1.28. The van der Waals surface area contributed by atoms with Crippen molar-refractivity contribution in [3.8, 4) is 11.5 Å². The van der Waals surface area contributed by atoms with Gasteiger partial charge in [0.15, 0.2) is 17.3 Å². The first-order chi connectivity index (χ1) is 15.2. The van der Waals surface area contributed by atoms with E-state index in [1.54, 1.807) is 0 Å². The third-order valence-electron chi connectivity index (χ3n) is 6.26. The average molecular weight is 446 g/mol. The van der Waals surface area contributed by atoms with E-state index in [9.17, 15) is 4.79 Å². The van der Waals surface area contributed by atoms with E-state index in [-0.39, 0.29) is 12.1 Å². The highest BCUT2D eigenvalue weighted by molar-refractivity contribution is 6.32. The van der Waals surface area contributed by atoms with Gasteiger partial charge in [-0.25, -0.2) is 4.79 Å². The quantitative estimate of drug-likeness (QED) is 0.775. The molecular weight excluding hydrogens is 418 g/mol. The zero-order valence-electron chi connectivity index (χ0n) is 17.6. The van der Waals surface area contributed by atoms with Gasteiger partial charge in [-0.1, -0.05) is 18.0 Å². The molecule has 1 aromatic carbocycles. The number of nitrogens with one attached hydrogen (secondary N) is 1. The molecule has 2 amide bonds. The summed E-state index contributed by atoms with van der Waals surface area (Å²) in [6, 6.07) is 3.62. The Labute approximate surface area is 186 Å². The SMILES string of the molecule is O=C(NCc1cc(Cl)c2c(c1)OCCCO2)N1CCCC1c1nnc2n1CCCCC2. The Morgan fingerprint density at radius 2 is 2.00 bits per heavy atom. The van der Waals surface area contributed by atoms with Crippen LogP contribution >= 0.6 is 11.6 Å². The van der Waals surface area contributed by atoms with E-state index in [4.69, 9.17) is 21.1 Å². The summed E-state index contributed by atoms with van der Waals surface area (Å²) in [6.45, 7) is 3.22. The lowest BCUT2D eigenvalue weighted by molar-refractivity contribution is 0.189. The maximum Gasteiger partial charge on any atom is 0.318 e. The number of halogens is 1. The molecule has 1 saturated heterocycles. The van der Waals surface area contributed by atoms with Gasteiger partial charge >= 0.3 is 6.03 Å². The number of carbonyl (C=O) groups is 1. The molecule has 3 aliphatic rings. The van der Waals surface area contributed by atoms with Gasteiger partial charge in [0.2, 0.25) is 0 Å². The third kappa shape index (κ3) is 4.18. The van der Waals surface area contributed by atoms with Gasteiger partial charge in [-0.3, -0.25) is 0 Å². The molecule has 5 rings (SSSR count). The number of fused-ring (bicyclic) bond motifs is 2. The number of nitrogens with zero attached hydrogens (tertiary/aromatic N) is 4. The van der Waals surface area contributed by atoms with Gasteiger partial charge in [-0.05, 0) is 43.4 Å². The predicted octanol–water partition coefficient (Wildman–Crippen LogP) is 3.87. The lowest BCUT2D eigenvalue weighted by Crippen LogP contribution is -2.40. The lowest BCUT2D eigenvalue weighted by atomic mass is 10.2. The fourth-order valence-corrected chi connectivity index (χ4v) is 4.99. The van der Waals surface area contributed by atoms with Gasteiger partial charge < -0.3 is 24.3 Å². The number of amides is 2. The first-order valence-electron chi connectivity index (χ1n) is 11.2. The van der Waals surface area contributed by atoms with E-state index in [0.717, 1.165) is 68.8 Å². The number of aryl methyl sites for hydroxylation is 1. The van der Waals surface area contributed by atoms with Crippen molar-refractivity contribution in [1.29, 1.82) is 0 Å². The van der Waals surface area contributed by atoms with Crippen molar-refractivity contribution in [3.63, 3.8) is 0 Å². The molecule has 3 aliphatic heterocycles. The van der Waals surface area contributed by atoms with Crippen molar-refractivity contribution in [2.24, 2.45) is 0 Å². The standard InChI is InChI=1S/C22H28ClN5O3/c23-16-12-15(13-18-20(16)31-11-5-10-30-18)14-24-22(29)27-9-4-6-17(27)21-26-25-19-7-2-1-3-8-28(19)21/h12-13,17H,1-11,14H2,(H,24,29). The molecule has 0 bridgehead atoms. The maximum atomic E-state index is 13.1. The van der Waals surface area contributed by atoms with Crippen LogP contribution in [-0.2, 0) is 19.5 Å². The molecule has 166 valence electrons. The van der Waals surface area contributed by atoms with Crippen LogP contribution in [0.5, 0.6) is 11.5 Å². The van der Waals surface area contributed by atoms with Crippen molar-refractivity contribution in [2.45, 2.75) is 64.1 Å². The van der Waals surface area contributed by atoms with Crippen LogP contribution in [0.3, 0.4) is 0 Å². The summed E-state index contributed by atoms with van der Waals surface area (Å²) in [6.07, 6.45) is 7.19. The molecule has 0 aliphatic carbocycles. The van der Waals surface area contributed by atoms with Crippen LogP contribution in [0.4, 0.5) is 4.79 Å². The second-order valence-corrected chi connectivity index (χ2v) is 8.81. The molecule has 1 fully saturated rings. The van der Waals surface area contributed by atoms with Crippen LogP contribution < -0.4 is 14.8 Å². The summed E-state index contributed by atoms with van der Waals surface area (Å²) in [5.74, 6) is 3.21. The molecule has 1 N–H and O–H groups in total. The summed E-state index contributed by atoms with van der Waals surface area (Å²) in [5, 5.41) is 12.5. The number of aromatic nitrogens is 3. The summed E-state index contributed by atoms with van der Waals surface area (Å²) in [5.41, 5.74) is 0.884. The molecule has 2 aromatic rings. The minimum atomic E-state index is -0.0864. The van der Waals surface area contributed by atoms with E-state index in [1.165, 1.54) is 6.42 Å². The monoisotopic (exact) mass is 445 g/mol. The summed E-state index contributed by atoms with van der Waals surface area (Å²) in [4.78, 5) is 15.0. The number of hydrogen-bond acceptors (Lipinski definition) is 5. The van der Waals surface area contributed by atoms with Crippen molar-refractivity contribution in [1.82, 2.24) is 25.0 Å². The molecule has 4 heterocycles. The number of likely N-dealkylation sites (tertiary alicyclic amines) is 1. The molecule has 9 heteroatoms. The molecule has 1 aromatic heterocycles. The Hall–Kier alpha value is -2.48. The van der Waals surface area contributed by atoms with Crippen molar-refractivity contribution in [3.05, 3.63) is 34.4 Å². The smallest absolute Gasteiger partial charge is 0.318 e. The van der Waals surface area contributed by atoms with Gasteiger partial charge in [0.05, 0.1) is 24.3 Å². The van der Waals surface area contributed by atoms with E-state index in [1.807, 2.05) is 17.0 Å². The Kier molecular flexibility index (Phi) is 5.89. The van der Waals surface area contributed by atoms with Crippen LogP contribution in [0, 0.1) is 0 Å². The summed E-state index contributed by atoms with van der Waals surface area (Å²) < 4.78 is 13.7. The predicted molar refractivity (Wildman–Crippen MR) is 116 cm³/mol. The highest BCUT2D eigenvalue weighted by Gasteiger charge is 2.34. The third-order valence-corrected chi connectivity index (χ3v) is 6.54. The number of urea groups is 1. The number of rotatable bonds is 3. The Bertz CT molecular complexity index is 963. The van der Waals surface area contributed by atoms with Crippen molar-refractivity contribution >= 4 is 17.6 Å². The van der Waals surface area contributed by atoms with Gasteiger partial charge in [-0.2, -0.15) is 0 Å². The minimum absolute atomic E-state index is 0.0216. The van der Waals surface area contributed by atoms with Gasteiger partial charge in [0.25, 0.3) is 0 Å². The maximum absolute atomic E-state index is 13.1. The van der Waals surface area contributed by atoms with Crippen LogP contribution in [0.25, 0.3) is 0 Å². The van der Waals surface area contributed by atoms with Gasteiger partial charge in [-0.15, -0.1) is 10.2 Å². The Morgan fingerprint density at radius 3 is 2.94 bits per heavy atom. The van der Waals surface area contributed by atoms with E-state index in [2.05, 4.69) is 20.1 Å². The van der Waals surface area contributed by atoms with Crippen LogP contribution in [0.2, 0.25) is 5.02 Å². The van der Waals surface area contributed by atoms with E-state index < -0.39 is 0 Å². The number of benzene rings is 1. The normalized spacial score (nSPS) is 20.7. The number of ether oxygens (including phenoxy) is 2. The second kappa shape index (κ2) is 8.94. The first-order valence-corrected chi connectivity index (χ1v) is 11.6. The fraction of sp³-hybridized carbons (Fsp3) is 0.591. The first kappa shape index (κ1) is 20.4. The summed E-state index contributed by atoms with van der Waals surface area (Å²) >= 11 is 6.39. The molecule has 31 heavy (non-hydrogen) atoms. The second-order valence-electron chi connectivity index (χ2n) is 8.40. The highest BCUT2D eigenvalue weighted by atomic mass is 35.5. The topological polar surface area (TPSA) is 81.5 Å². The average Bonchev–Trinajstić information content (AvgIpc) is 3.24. The molecule has 0 saturated carbocycles. The largest absolute Gasteiger partial charge is 0.489 e. The molecule has 0 radical (unpaired) electrons. The zero-order valence-corrected chi connectivity index (χ0v) is 18.4. The zero-order chi connectivity index (χ0) is 21.2. The minimum Gasteiger partial charge on any atom is -0.489 e. The molecule has 1 atom stereocenters. The Morgan fingerprint density at radius 1 is 1.10 bits per heavy atom. The van der Waals surface area contributed by atoms with Crippen LogP contribution in [-0.4, -0.2) is 45.5 Å². The van der Waals surface area contributed by atoms with Crippen molar-refractivity contribution in [2.75, 3.05) is 19.8 Å². The summed E-state index contributed by atoms with van der Waals surface area (Å²) in [7, 11) is 0. The highest BCUT2D eigenvalue weighted by Crippen LogP contribution is 2.38. The molecule has 8 nitrogen and oxygen atoms in total. The number of carbonyl (C=O) groups excluding carboxylic acids is 1. The lowest BCUT2D eigenvalue weighted by Gasteiger charge is -2.25. The fourth-order valence-electron chi connectivity index (χ4n) is 4.70. The van der Waals surface area contributed by atoms with Gasteiger partial charge in [0.1, 0.15) is 5.82 Å². The van der Waals surface area contributed by atoms with E-state index >= 15 is 0 Å². The van der Waals surface area contributed by atoms with E-state index in [0.29, 0.717) is 36.3 Å². The number of hydrogen-bond donors (Lipinski definition) is 1. The molecule has 0 spiro atoms. The molecular formula is C22H28ClN5O3. The van der Waals surface area contributed by atoms with Crippen LogP contribution in [0.15, 0.2) is 12.1 Å². The van der Waals surface area contributed by atoms with Crippen molar-refractivity contribution < 1.29 is 14.3 Å². The van der Waals surface area contributed by atoms with Gasteiger partial charge in [0, 0.05) is 32.5 Å². The molecule has 1 unspecified atom stereocenters. The van der Waals surface area contributed by atoms with Crippen LogP contribution in [0.1, 0.15) is 61.8 Å².